The van der Waals surface area contributed by atoms with Crippen molar-refractivity contribution in [1.82, 2.24) is 0 Å². The number of ether oxygens (including phenoxy) is 1. The number of hydrogen-bond acceptors (Lipinski definition) is 4. The summed E-state index contributed by atoms with van der Waals surface area (Å²) >= 11 is 3.20. The molecule has 5 nitrogen and oxygen atoms in total. The molecule has 0 aliphatic carbocycles. The van der Waals surface area contributed by atoms with Gasteiger partial charge in [-0.3, -0.25) is 10.1 Å². The highest BCUT2D eigenvalue weighted by atomic mass is 79.9. The van der Waals surface area contributed by atoms with E-state index in [1.54, 1.807) is 12.1 Å². The molecule has 1 N–H and O–H groups in total. The van der Waals surface area contributed by atoms with Gasteiger partial charge in [0.1, 0.15) is 0 Å². The Morgan fingerprint density at radius 2 is 2.35 bits per heavy atom. The smallest absolute Gasteiger partial charge is 0.283 e. The van der Waals surface area contributed by atoms with Gasteiger partial charge in [0, 0.05) is 24.4 Å². The van der Waals surface area contributed by atoms with Crippen molar-refractivity contribution in [3.05, 3.63) is 32.8 Å². The molecule has 1 aromatic rings. The third-order valence-electron chi connectivity index (χ3n) is 2.68. The average molecular weight is 301 g/mol. The van der Waals surface area contributed by atoms with E-state index in [0.29, 0.717) is 11.1 Å². The first-order valence-corrected chi connectivity index (χ1v) is 6.24. The number of rotatable bonds is 3. The Morgan fingerprint density at radius 1 is 1.53 bits per heavy atom. The summed E-state index contributed by atoms with van der Waals surface area (Å²) in [6.45, 7) is 1.51. The number of benzene rings is 1. The lowest BCUT2D eigenvalue weighted by molar-refractivity contribution is -0.385. The number of anilines is 1. The Bertz CT molecular complexity index is 419. The number of nitrogens with zero attached hydrogens (tertiary/aromatic N) is 1. The molecule has 2 rings (SSSR count). The van der Waals surface area contributed by atoms with Crippen LogP contribution >= 0.6 is 15.9 Å². The van der Waals surface area contributed by atoms with Gasteiger partial charge in [-0.15, -0.1) is 0 Å². The molecule has 1 aromatic carbocycles. The van der Waals surface area contributed by atoms with E-state index in [9.17, 15) is 10.1 Å². The van der Waals surface area contributed by atoms with Gasteiger partial charge in [-0.2, -0.15) is 0 Å². The zero-order valence-corrected chi connectivity index (χ0v) is 10.8. The molecule has 1 fully saturated rings. The lowest BCUT2D eigenvalue weighted by Gasteiger charge is -2.24. The minimum absolute atomic E-state index is 0.0791. The highest BCUT2D eigenvalue weighted by Crippen LogP contribution is 2.28. The van der Waals surface area contributed by atoms with Crippen LogP contribution in [0.2, 0.25) is 0 Å². The van der Waals surface area contributed by atoms with Crippen LogP contribution in [0.1, 0.15) is 12.8 Å². The van der Waals surface area contributed by atoms with Crippen molar-refractivity contribution in [2.75, 3.05) is 18.5 Å². The maximum absolute atomic E-state index is 10.7. The Hall–Kier alpha value is -1.14. The van der Waals surface area contributed by atoms with Crippen molar-refractivity contribution in [3.63, 3.8) is 0 Å². The van der Waals surface area contributed by atoms with Gasteiger partial charge in [-0.25, -0.2) is 0 Å². The molecule has 1 aliphatic heterocycles. The van der Waals surface area contributed by atoms with E-state index in [4.69, 9.17) is 4.74 Å². The molecule has 1 aliphatic rings. The number of hydrogen-bond donors (Lipinski definition) is 1. The molecule has 0 aromatic heterocycles. The highest BCUT2D eigenvalue weighted by Gasteiger charge is 2.16. The van der Waals surface area contributed by atoms with Crippen LogP contribution < -0.4 is 5.32 Å². The lowest BCUT2D eigenvalue weighted by atomic mass is 10.1. The quantitative estimate of drug-likeness (QED) is 0.688. The van der Waals surface area contributed by atoms with Gasteiger partial charge in [0.2, 0.25) is 0 Å². The molecule has 0 spiro atoms. The fraction of sp³-hybridized carbons (Fsp3) is 0.455. The van der Waals surface area contributed by atoms with Crippen LogP contribution in [0.3, 0.4) is 0 Å². The van der Waals surface area contributed by atoms with Gasteiger partial charge in [-0.05, 0) is 40.9 Å². The van der Waals surface area contributed by atoms with Crippen molar-refractivity contribution >= 4 is 27.3 Å². The number of halogens is 1. The standard InChI is InChI=1S/C11H13BrN2O3/c12-10-6-8(3-4-11(10)14(15)16)13-9-2-1-5-17-7-9/h3-4,6,9,13H,1-2,5,7H2. The Kier molecular flexibility index (Phi) is 3.96. The van der Waals surface area contributed by atoms with Crippen LogP contribution in [-0.2, 0) is 4.74 Å². The summed E-state index contributed by atoms with van der Waals surface area (Å²) in [4.78, 5) is 10.3. The molecule has 0 amide bonds. The molecule has 17 heavy (non-hydrogen) atoms. The van der Waals surface area contributed by atoms with Crippen molar-refractivity contribution in [1.29, 1.82) is 0 Å². The first kappa shape index (κ1) is 12.3. The van der Waals surface area contributed by atoms with Crippen molar-refractivity contribution in [2.24, 2.45) is 0 Å². The van der Waals surface area contributed by atoms with E-state index in [1.807, 2.05) is 0 Å². The molecule has 92 valence electrons. The van der Waals surface area contributed by atoms with Crippen LogP contribution in [0, 0.1) is 10.1 Å². The van der Waals surface area contributed by atoms with E-state index in [-0.39, 0.29) is 11.7 Å². The second kappa shape index (κ2) is 5.46. The minimum Gasteiger partial charge on any atom is -0.380 e. The summed E-state index contributed by atoms with van der Waals surface area (Å²) in [7, 11) is 0. The van der Waals surface area contributed by atoms with E-state index >= 15 is 0 Å². The predicted molar refractivity (Wildman–Crippen MR) is 68.3 cm³/mol. The Morgan fingerprint density at radius 3 is 2.94 bits per heavy atom. The molecule has 0 saturated carbocycles. The highest BCUT2D eigenvalue weighted by molar-refractivity contribution is 9.10. The maximum Gasteiger partial charge on any atom is 0.283 e. The second-order valence-electron chi connectivity index (χ2n) is 3.98. The Balaban J connectivity index is 2.06. The lowest BCUT2D eigenvalue weighted by Crippen LogP contribution is -2.29. The van der Waals surface area contributed by atoms with E-state index < -0.39 is 4.92 Å². The maximum atomic E-state index is 10.7. The first-order chi connectivity index (χ1) is 8.16. The average Bonchev–Trinajstić information content (AvgIpc) is 2.30. The van der Waals surface area contributed by atoms with Gasteiger partial charge >= 0.3 is 0 Å². The zero-order valence-electron chi connectivity index (χ0n) is 9.19. The summed E-state index contributed by atoms with van der Waals surface area (Å²) in [6.07, 6.45) is 2.11. The van der Waals surface area contributed by atoms with Crippen LogP contribution in [0.4, 0.5) is 11.4 Å². The van der Waals surface area contributed by atoms with E-state index in [2.05, 4.69) is 21.2 Å². The van der Waals surface area contributed by atoms with E-state index in [1.165, 1.54) is 6.07 Å². The van der Waals surface area contributed by atoms with Crippen molar-refractivity contribution in [2.45, 2.75) is 18.9 Å². The number of nitro benzene ring substituents is 1. The van der Waals surface area contributed by atoms with Gasteiger partial charge < -0.3 is 10.1 Å². The molecule has 0 radical (unpaired) electrons. The number of nitro groups is 1. The molecule has 1 heterocycles. The van der Waals surface area contributed by atoms with Crippen LogP contribution in [0.5, 0.6) is 0 Å². The summed E-state index contributed by atoms with van der Waals surface area (Å²) < 4.78 is 5.85. The second-order valence-corrected chi connectivity index (χ2v) is 4.84. The molecule has 1 unspecified atom stereocenters. The van der Waals surface area contributed by atoms with Gasteiger partial charge in [0.25, 0.3) is 5.69 Å². The van der Waals surface area contributed by atoms with Crippen LogP contribution in [0.15, 0.2) is 22.7 Å². The van der Waals surface area contributed by atoms with Gasteiger partial charge in [0.15, 0.2) is 0 Å². The SMILES string of the molecule is O=[N+]([O-])c1ccc(NC2CCCOC2)cc1Br. The third kappa shape index (κ3) is 3.17. The zero-order chi connectivity index (χ0) is 12.3. The molecular weight excluding hydrogens is 288 g/mol. The van der Waals surface area contributed by atoms with E-state index in [0.717, 1.165) is 25.1 Å². The fourth-order valence-corrected chi connectivity index (χ4v) is 2.36. The fourth-order valence-electron chi connectivity index (χ4n) is 1.84. The largest absolute Gasteiger partial charge is 0.380 e. The molecule has 6 heteroatoms. The van der Waals surface area contributed by atoms with Gasteiger partial charge in [-0.1, -0.05) is 0 Å². The van der Waals surface area contributed by atoms with Crippen LogP contribution in [-0.4, -0.2) is 24.2 Å². The molecule has 1 atom stereocenters. The van der Waals surface area contributed by atoms with Crippen molar-refractivity contribution < 1.29 is 9.66 Å². The third-order valence-corrected chi connectivity index (χ3v) is 3.31. The molecular formula is C11H13BrN2O3. The summed E-state index contributed by atoms with van der Waals surface area (Å²) in [5.74, 6) is 0. The Labute approximate surface area is 107 Å². The normalized spacial score (nSPS) is 19.9. The topological polar surface area (TPSA) is 64.4 Å². The van der Waals surface area contributed by atoms with Gasteiger partial charge in [0.05, 0.1) is 16.0 Å². The first-order valence-electron chi connectivity index (χ1n) is 5.45. The van der Waals surface area contributed by atoms with Crippen molar-refractivity contribution in [3.8, 4) is 0 Å². The molecule has 1 saturated heterocycles. The number of nitrogens with one attached hydrogen (secondary N) is 1. The summed E-state index contributed by atoms with van der Waals surface area (Å²) in [6, 6.07) is 5.23. The monoisotopic (exact) mass is 300 g/mol. The summed E-state index contributed by atoms with van der Waals surface area (Å²) in [5.41, 5.74) is 0.952. The molecule has 0 bridgehead atoms. The summed E-state index contributed by atoms with van der Waals surface area (Å²) in [5, 5.41) is 14.0. The van der Waals surface area contributed by atoms with Crippen LogP contribution in [0.25, 0.3) is 0 Å². The minimum atomic E-state index is -0.405. The predicted octanol–water partition coefficient (Wildman–Crippen LogP) is 2.95.